The van der Waals surface area contributed by atoms with Crippen molar-refractivity contribution >= 4 is 11.8 Å². The molecule has 1 aromatic heterocycles. The van der Waals surface area contributed by atoms with Crippen molar-refractivity contribution in [2.45, 2.75) is 24.0 Å². The van der Waals surface area contributed by atoms with Gasteiger partial charge >= 0.3 is 12.4 Å². The minimum atomic E-state index is -5.10. The first-order valence-corrected chi connectivity index (χ1v) is 7.39. The maximum atomic E-state index is 13.9. The molecule has 9 heteroatoms. The second-order valence-corrected chi connectivity index (χ2v) is 5.75. The van der Waals surface area contributed by atoms with Crippen LogP contribution in [0, 0.1) is 0 Å². The van der Waals surface area contributed by atoms with E-state index >= 15 is 0 Å². The van der Waals surface area contributed by atoms with E-state index in [1.807, 2.05) is 5.32 Å². The highest BCUT2D eigenvalue weighted by Gasteiger charge is 2.60. The van der Waals surface area contributed by atoms with Crippen molar-refractivity contribution in [1.82, 2.24) is 4.98 Å². The maximum Gasteiger partial charge on any atom is 0.418 e. The van der Waals surface area contributed by atoms with Gasteiger partial charge in [0.1, 0.15) is 6.10 Å². The van der Waals surface area contributed by atoms with Gasteiger partial charge in [-0.2, -0.15) is 26.3 Å². The quantitative estimate of drug-likeness (QED) is 0.757. The van der Waals surface area contributed by atoms with Gasteiger partial charge in [-0.1, -0.05) is 24.3 Å². The predicted octanol–water partition coefficient (Wildman–Crippen LogP) is 4.57. The Labute approximate surface area is 144 Å². The number of alkyl halides is 6. The largest absolute Gasteiger partial charge is 0.418 e. The van der Waals surface area contributed by atoms with Crippen LogP contribution >= 0.6 is 0 Å². The number of rotatable bonds is 2. The predicted molar refractivity (Wildman–Crippen MR) is 82.1 cm³/mol. The van der Waals surface area contributed by atoms with E-state index in [1.54, 1.807) is 0 Å². The van der Waals surface area contributed by atoms with Crippen LogP contribution in [0.3, 0.4) is 0 Å². The van der Waals surface area contributed by atoms with Crippen molar-refractivity contribution in [3.63, 3.8) is 0 Å². The molecule has 1 aliphatic rings. The number of pyridine rings is 1. The van der Waals surface area contributed by atoms with Crippen molar-refractivity contribution in [2.75, 3.05) is 5.32 Å². The summed E-state index contributed by atoms with van der Waals surface area (Å²) in [5.41, 5.74) is -5.53. The summed E-state index contributed by atoms with van der Waals surface area (Å²) in [7, 11) is 0. The summed E-state index contributed by atoms with van der Waals surface area (Å²) in [5.74, 6) is 0. The minimum Gasteiger partial charge on any atom is -0.384 e. The molecule has 0 fully saturated rings. The van der Waals surface area contributed by atoms with E-state index in [4.69, 9.17) is 0 Å². The van der Waals surface area contributed by atoms with Gasteiger partial charge in [0.2, 0.25) is 0 Å². The van der Waals surface area contributed by atoms with Gasteiger partial charge in [0.05, 0.1) is 16.9 Å². The van der Waals surface area contributed by atoms with Gasteiger partial charge in [0.25, 0.3) is 0 Å². The third-order valence-electron chi connectivity index (χ3n) is 4.13. The molecule has 2 N–H and O–H groups in total. The second kappa shape index (κ2) is 6.01. The summed E-state index contributed by atoms with van der Waals surface area (Å²) >= 11 is 0. The van der Waals surface area contributed by atoms with Crippen molar-refractivity contribution in [3.05, 3.63) is 65.5 Å². The molecule has 0 radical (unpaired) electrons. The van der Waals surface area contributed by atoms with Gasteiger partial charge in [-0.25, -0.2) is 0 Å². The average molecular weight is 374 g/mol. The van der Waals surface area contributed by atoms with Crippen LogP contribution in [0.25, 0.3) is 6.08 Å². The number of halogens is 6. The first-order valence-electron chi connectivity index (χ1n) is 7.39. The van der Waals surface area contributed by atoms with Crippen LogP contribution in [0.2, 0.25) is 0 Å². The number of fused-ring (bicyclic) bond motifs is 1. The lowest BCUT2D eigenvalue weighted by molar-refractivity contribution is -0.191. The molecule has 1 unspecified atom stereocenters. The van der Waals surface area contributed by atoms with Crippen LogP contribution < -0.4 is 5.32 Å². The normalized spacial score (nSPS) is 21.0. The Balaban J connectivity index is 2.17. The average Bonchev–Trinajstić information content (AvgIpc) is 2.59. The third-order valence-corrected chi connectivity index (χ3v) is 4.13. The van der Waals surface area contributed by atoms with Crippen LogP contribution in [0.1, 0.15) is 22.9 Å². The maximum absolute atomic E-state index is 13.9. The number of hydrogen-bond acceptors (Lipinski definition) is 3. The number of hydrogen-bond donors (Lipinski definition) is 2. The van der Waals surface area contributed by atoms with Gasteiger partial charge in [-0.3, -0.25) is 4.98 Å². The fourth-order valence-electron chi connectivity index (χ4n) is 2.81. The zero-order valence-corrected chi connectivity index (χ0v) is 12.9. The molecule has 0 spiro atoms. The lowest BCUT2D eigenvalue weighted by atomic mass is 9.84. The highest BCUT2D eigenvalue weighted by molar-refractivity contribution is 5.76. The fourth-order valence-corrected chi connectivity index (χ4v) is 2.81. The van der Waals surface area contributed by atoms with E-state index in [9.17, 15) is 31.4 Å². The Bertz CT molecular complexity index is 831. The SMILES string of the molecule is OC(c1ccccn1)[C@]1(C(F)(F)F)C=Cc2cccc(C(F)(F)F)c2N1. The topological polar surface area (TPSA) is 45.2 Å². The number of aromatic nitrogens is 1. The Hall–Kier alpha value is -2.55. The number of nitrogens with zero attached hydrogens (tertiary/aromatic N) is 1. The minimum absolute atomic E-state index is 0.0621. The van der Waals surface area contributed by atoms with Gasteiger partial charge in [-0.05, 0) is 29.8 Å². The molecule has 0 bridgehead atoms. The summed E-state index contributed by atoms with van der Waals surface area (Å²) < 4.78 is 81.3. The Kier molecular flexibility index (Phi) is 4.22. The molecule has 0 amide bonds. The highest BCUT2D eigenvalue weighted by Crippen LogP contribution is 2.49. The molecule has 3 rings (SSSR count). The van der Waals surface area contributed by atoms with E-state index in [2.05, 4.69) is 4.98 Å². The third kappa shape index (κ3) is 2.92. The fraction of sp³-hybridized carbons (Fsp3) is 0.235. The van der Waals surface area contributed by atoms with E-state index in [0.717, 1.165) is 12.1 Å². The molecule has 0 aliphatic carbocycles. The standard InChI is InChI=1S/C17H12F6N2O/c18-16(19,20)11-5-3-4-10-7-8-15(17(21,22)23,25-13(10)11)14(26)12-6-1-2-9-24-12/h1-9,14,25-26H/t14?,15-/m0/s1. The van der Waals surface area contributed by atoms with E-state index in [-0.39, 0.29) is 11.3 Å². The molecule has 2 heterocycles. The molecule has 1 aromatic carbocycles. The van der Waals surface area contributed by atoms with Crippen LogP contribution in [-0.4, -0.2) is 21.8 Å². The molecule has 26 heavy (non-hydrogen) atoms. The van der Waals surface area contributed by atoms with Crippen LogP contribution in [0.4, 0.5) is 32.0 Å². The molecule has 3 nitrogen and oxygen atoms in total. The lowest BCUT2D eigenvalue weighted by Crippen LogP contribution is -2.56. The summed E-state index contributed by atoms with van der Waals surface area (Å²) in [5, 5.41) is 12.3. The first kappa shape index (κ1) is 18.2. The highest BCUT2D eigenvalue weighted by atomic mass is 19.4. The molecule has 0 saturated heterocycles. The molecule has 0 saturated carbocycles. The van der Waals surface area contributed by atoms with E-state index < -0.39 is 35.2 Å². The van der Waals surface area contributed by atoms with Crippen LogP contribution in [0.15, 0.2) is 48.7 Å². The smallest absolute Gasteiger partial charge is 0.384 e. The number of aliphatic hydroxyl groups excluding tert-OH is 1. The van der Waals surface area contributed by atoms with E-state index in [0.29, 0.717) is 12.1 Å². The first-order chi connectivity index (χ1) is 12.1. The van der Waals surface area contributed by atoms with Gasteiger partial charge in [0, 0.05) is 6.20 Å². The second-order valence-electron chi connectivity index (χ2n) is 5.75. The van der Waals surface area contributed by atoms with Crippen molar-refractivity contribution < 1.29 is 31.4 Å². The molecule has 1 aliphatic heterocycles. The van der Waals surface area contributed by atoms with Crippen LogP contribution in [0.5, 0.6) is 0 Å². The monoisotopic (exact) mass is 374 g/mol. The number of nitrogens with one attached hydrogen (secondary N) is 1. The van der Waals surface area contributed by atoms with E-state index in [1.165, 1.54) is 30.5 Å². The number of aliphatic hydroxyl groups is 1. The number of para-hydroxylation sites is 1. The summed E-state index contributed by atoms with van der Waals surface area (Å²) in [6, 6.07) is 7.01. The van der Waals surface area contributed by atoms with Gasteiger partial charge in [0.15, 0.2) is 5.54 Å². The Morgan fingerprint density at radius 1 is 1.00 bits per heavy atom. The molecule has 2 atom stereocenters. The zero-order valence-electron chi connectivity index (χ0n) is 12.9. The van der Waals surface area contributed by atoms with Gasteiger partial charge in [-0.15, -0.1) is 0 Å². The molecular weight excluding hydrogens is 362 g/mol. The van der Waals surface area contributed by atoms with Gasteiger partial charge < -0.3 is 10.4 Å². The molecular formula is C17H12F6N2O. The summed E-state index contributed by atoms with van der Waals surface area (Å²) in [6.45, 7) is 0. The summed E-state index contributed by atoms with van der Waals surface area (Å²) in [6.07, 6.45) is -9.50. The number of anilines is 1. The van der Waals surface area contributed by atoms with Crippen molar-refractivity contribution in [1.29, 1.82) is 0 Å². The Morgan fingerprint density at radius 2 is 1.73 bits per heavy atom. The molecule has 2 aromatic rings. The zero-order chi connectivity index (χ0) is 19.2. The number of benzene rings is 1. The van der Waals surface area contributed by atoms with Crippen molar-refractivity contribution in [2.24, 2.45) is 0 Å². The van der Waals surface area contributed by atoms with Crippen LogP contribution in [-0.2, 0) is 6.18 Å². The Morgan fingerprint density at radius 3 is 2.31 bits per heavy atom. The lowest BCUT2D eigenvalue weighted by Gasteiger charge is -2.41. The summed E-state index contributed by atoms with van der Waals surface area (Å²) in [4.78, 5) is 3.69. The molecule has 138 valence electrons. The van der Waals surface area contributed by atoms with Crippen molar-refractivity contribution in [3.8, 4) is 0 Å².